The molecule has 0 fully saturated rings. The summed E-state index contributed by atoms with van der Waals surface area (Å²) < 4.78 is 7.55. The Balaban J connectivity index is 2.32. The van der Waals surface area contributed by atoms with E-state index in [2.05, 4.69) is 24.3 Å². The van der Waals surface area contributed by atoms with E-state index < -0.39 is 11.9 Å². The van der Waals surface area contributed by atoms with E-state index >= 15 is 0 Å². The van der Waals surface area contributed by atoms with Crippen molar-refractivity contribution in [2.24, 2.45) is 0 Å². The van der Waals surface area contributed by atoms with E-state index in [0.29, 0.717) is 11.4 Å². The first-order valence-corrected chi connectivity index (χ1v) is 9.18. The van der Waals surface area contributed by atoms with Gasteiger partial charge in [-0.3, -0.25) is 9.48 Å². The van der Waals surface area contributed by atoms with Gasteiger partial charge in [-0.05, 0) is 57.9 Å². The van der Waals surface area contributed by atoms with Gasteiger partial charge in [-0.2, -0.15) is 5.10 Å². The molecule has 1 amide bonds. The Labute approximate surface area is 159 Å². The second-order valence-corrected chi connectivity index (χ2v) is 6.72. The van der Waals surface area contributed by atoms with Crippen LogP contribution in [0.2, 0.25) is 0 Å². The predicted octanol–water partition coefficient (Wildman–Crippen LogP) is 4.29. The zero-order valence-corrected chi connectivity index (χ0v) is 16.4. The molecule has 0 atom stereocenters. The molecule has 1 heterocycles. The molecule has 1 aromatic carbocycles. The number of carboxylic acids is 1. The second-order valence-electron chi connectivity index (χ2n) is 6.72. The maximum Gasteiger partial charge on any atom is 0.335 e. The Morgan fingerprint density at radius 2 is 1.89 bits per heavy atom. The van der Waals surface area contributed by atoms with Gasteiger partial charge in [0.1, 0.15) is 5.75 Å². The van der Waals surface area contributed by atoms with Crippen molar-refractivity contribution in [3.8, 4) is 5.75 Å². The number of ether oxygens (including phenoxy) is 1. The summed E-state index contributed by atoms with van der Waals surface area (Å²) in [7, 11) is 0. The van der Waals surface area contributed by atoms with Gasteiger partial charge in [-0.15, -0.1) is 0 Å². The van der Waals surface area contributed by atoms with Crippen molar-refractivity contribution < 1.29 is 19.4 Å². The number of anilines is 1. The average molecular weight is 373 g/mol. The zero-order valence-electron chi connectivity index (χ0n) is 16.4. The fourth-order valence-corrected chi connectivity index (χ4v) is 2.91. The van der Waals surface area contributed by atoms with Gasteiger partial charge >= 0.3 is 5.97 Å². The van der Waals surface area contributed by atoms with E-state index in [1.807, 2.05) is 25.5 Å². The number of hydrogen-bond acceptors (Lipinski definition) is 4. The lowest BCUT2D eigenvalue weighted by Crippen LogP contribution is -2.17. The normalized spacial score (nSPS) is 11.1. The highest BCUT2D eigenvalue weighted by Gasteiger charge is 2.19. The van der Waals surface area contributed by atoms with Crippen LogP contribution in [0.1, 0.15) is 73.1 Å². The number of carboxylic acid groups (broad SMARTS) is 1. The number of nitrogens with zero attached hydrogens (tertiary/aromatic N) is 2. The minimum Gasteiger partial charge on any atom is -0.489 e. The van der Waals surface area contributed by atoms with Crippen molar-refractivity contribution in [1.82, 2.24) is 9.78 Å². The maximum absolute atomic E-state index is 12.7. The largest absolute Gasteiger partial charge is 0.489 e. The Morgan fingerprint density at radius 3 is 2.44 bits per heavy atom. The molecule has 1 aromatic heterocycles. The van der Waals surface area contributed by atoms with Crippen LogP contribution in [-0.4, -0.2) is 32.9 Å². The Kier molecular flexibility index (Phi) is 6.60. The fourth-order valence-electron chi connectivity index (χ4n) is 2.91. The van der Waals surface area contributed by atoms with Crippen molar-refractivity contribution in [2.45, 2.75) is 59.6 Å². The van der Waals surface area contributed by atoms with Crippen molar-refractivity contribution in [2.75, 3.05) is 5.32 Å². The van der Waals surface area contributed by atoms with Gasteiger partial charge < -0.3 is 15.2 Å². The van der Waals surface area contributed by atoms with Crippen molar-refractivity contribution in [3.63, 3.8) is 0 Å². The van der Waals surface area contributed by atoms with Crippen LogP contribution >= 0.6 is 0 Å². The average Bonchev–Trinajstić information content (AvgIpc) is 2.99. The Morgan fingerprint density at radius 1 is 1.22 bits per heavy atom. The number of amides is 1. The predicted molar refractivity (Wildman–Crippen MR) is 104 cm³/mol. The highest BCUT2D eigenvalue weighted by molar-refractivity contribution is 6.04. The highest BCUT2D eigenvalue weighted by atomic mass is 16.5. The van der Waals surface area contributed by atoms with Gasteiger partial charge in [0.05, 0.1) is 23.4 Å². The van der Waals surface area contributed by atoms with Crippen molar-refractivity contribution in [3.05, 3.63) is 41.2 Å². The first kappa shape index (κ1) is 20.5. The van der Waals surface area contributed by atoms with Crippen LogP contribution in [0.15, 0.2) is 24.3 Å². The number of rotatable bonds is 8. The lowest BCUT2D eigenvalue weighted by molar-refractivity contribution is 0.0696. The molecule has 7 nitrogen and oxygen atoms in total. The third-order valence-corrected chi connectivity index (χ3v) is 4.28. The van der Waals surface area contributed by atoms with Crippen LogP contribution in [0.3, 0.4) is 0 Å². The summed E-state index contributed by atoms with van der Waals surface area (Å²) in [6, 6.07) is 6.36. The molecule has 0 saturated carbocycles. The molecule has 0 aliphatic carbocycles. The van der Waals surface area contributed by atoms with Gasteiger partial charge in [0, 0.05) is 5.69 Å². The molecule has 0 unspecified atom stereocenters. The van der Waals surface area contributed by atoms with Crippen LogP contribution in [0.5, 0.6) is 5.75 Å². The molecule has 7 heteroatoms. The number of carbonyl (C=O) groups excluding carboxylic acids is 1. The van der Waals surface area contributed by atoms with Crippen LogP contribution < -0.4 is 10.1 Å². The molecule has 0 bridgehead atoms. The minimum atomic E-state index is -1.07. The number of aromatic nitrogens is 2. The van der Waals surface area contributed by atoms with Crippen LogP contribution in [-0.2, 0) is 0 Å². The summed E-state index contributed by atoms with van der Waals surface area (Å²) >= 11 is 0. The Bertz CT molecular complexity index is 823. The molecule has 146 valence electrons. The molecule has 0 aliphatic rings. The molecule has 0 spiro atoms. The molecule has 2 rings (SSSR count). The maximum atomic E-state index is 12.7. The highest BCUT2D eigenvalue weighted by Crippen LogP contribution is 2.28. The second kappa shape index (κ2) is 8.70. The number of aryl methyl sites for hydroxylation is 1. The van der Waals surface area contributed by atoms with Crippen LogP contribution in [0.25, 0.3) is 0 Å². The zero-order chi connectivity index (χ0) is 20.1. The van der Waals surface area contributed by atoms with Gasteiger partial charge in [-0.25, -0.2) is 4.79 Å². The summed E-state index contributed by atoms with van der Waals surface area (Å²) in [5, 5.41) is 16.4. The summed E-state index contributed by atoms with van der Waals surface area (Å²) in [5.41, 5.74) is 1.57. The smallest absolute Gasteiger partial charge is 0.335 e. The number of benzene rings is 1. The summed E-state index contributed by atoms with van der Waals surface area (Å²) in [6.45, 7) is 9.80. The van der Waals surface area contributed by atoms with E-state index in [4.69, 9.17) is 4.74 Å². The lowest BCUT2D eigenvalue weighted by atomic mass is 10.1. The van der Waals surface area contributed by atoms with E-state index in [1.54, 1.807) is 12.1 Å². The van der Waals surface area contributed by atoms with Gasteiger partial charge in [0.2, 0.25) is 0 Å². The van der Waals surface area contributed by atoms with Crippen LogP contribution in [0, 0.1) is 6.92 Å². The first-order valence-electron chi connectivity index (χ1n) is 9.18. The monoisotopic (exact) mass is 373 g/mol. The quantitative estimate of drug-likeness (QED) is 0.720. The minimum absolute atomic E-state index is 0.0696. The third kappa shape index (κ3) is 4.87. The molecule has 0 saturated heterocycles. The number of carbonyl (C=O) groups is 2. The first-order chi connectivity index (χ1) is 12.8. The van der Waals surface area contributed by atoms with Crippen molar-refractivity contribution in [1.29, 1.82) is 0 Å². The fraction of sp³-hybridized carbons (Fsp3) is 0.450. The van der Waals surface area contributed by atoms with Crippen LogP contribution in [0.4, 0.5) is 5.69 Å². The number of nitrogens with one attached hydrogen (secondary N) is 1. The standard InChI is InChI=1S/C20H27N3O4/c1-6-15(7-2)23-13(5)10-17(22-23)19(24)21-16-11-14(20(25)26)8-9-18(16)27-12(3)4/h8-12,15H,6-7H2,1-5H3,(H,21,24)(H,25,26). The topological polar surface area (TPSA) is 93.5 Å². The van der Waals surface area contributed by atoms with E-state index in [0.717, 1.165) is 18.5 Å². The lowest BCUT2D eigenvalue weighted by Gasteiger charge is -2.16. The third-order valence-electron chi connectivity index (χ3n) is 4.28. The number of hydrogen-bond donors (Lipinski definition) is 2. The van der Waals surface area contributed by atoms with Gasteiger partial charge in [0.15, 0.2) is 5.69 Å². The summed E-state index contributed by atoms with van der Waals surface area (Å²) in [5.74, 6) is -1.06. The molecule has 0 aliphatic heterocycles. The number of aromatic carboxylic acids is 1. The van der Waals surface area contributed by atoms with Gasteiger partial charge in [0.25, 0.3) is 5.91 Å². The summed E-state index contributed by atoms with van der Waals surface area (Å²) in [4.78, 5) is 24.0. The summed E-state index contributed by atoms with van der Waals surface area (Å²) in [6.07, 6.45) is 1.73. The van der Waals surface area contributed by atoms with E-state index in [9.17, 15) is 14.7 Å². The molecule has 2 N–H and O–H groups in total. The molecule has 2 aromatic rings. The van der Waals surface area contributed by atoms with Crippen molar-refractivity contribution >= 4 is 17.6 Å². The SMILES string of the molecule is CCC(CC)n1nc(C(=O)Nc2cc(C(=O)O)ccc2OC(C)C)cc1C. The molecule has 0 radical (unpaired) electrons. The molecular weight excluding hydrogens is 346 g/mol. The molecule has 27 heavy (non-hydrogen) atoms. The molecular formula is C20H27N3O4. The van der Waals surface area contributed by atoms with E-state index in [-0.39, 0.29) is 23.4 Å². The van der Waals surface area contributed by atoms with E-state index in [1.165, 1.54) is 12.1 Å². The Hall–Kier alpha value is -2.83. The van der Waals surface area contributed by atoms with Gasteiger partial charge in [-0.1, -0.05) is 13.8 Å².